The Kier molecular flexibility index (Phi) is 4.86. The van der Waals surface area contributed by atoms with Crippen LogP contribution in [0.25, 0.3) is 11.7 Å². The van der Waals surface area contributed by atoms with Crippen molar-refractivity contribution < 1.29 is 19.4 Å². The number of rotatable bonds is 6. The average molecular weight is 315 g/mol. The number of carbonyl (C=O) groups is 1. The summed E-state index contributed by atoms with van der Waals surface area (Å²) in [5, 5.41) is 18.0. The molecule has 7 nitrogen and oxygen atoms in total. The zero-order valence-corrected chi connectivity index (χ0v) is 13.1. The molecule has 1 N–H and O–H groups in total. The van der Waals surface area contributed by atoms with Crippen molar-refractivity contribution >= 4 is 17.7 Å². The fourth-order valence-corrected chi connectivity index (χ4v) is 2.04. The van der Waals surface area contributed by atoms with Gasteiger partial charge in [0.25, 0.3) is 0 Å². The molecule has 2 rings (SSSR count). The molecule has 0 radical (unpaired) electrons. The molecule has 0 aliphatic rings. The Morgan fingerprint density at radius 1 is 1.57 bits per heavy atom. The largest absolute Gasteiger partial charge is 0.487 e. The van der Waals surface area contributed by atoms with Crippen molar-refractivity contribution in [3.05, 3.63) is 29.6 Å². The van der Waals surface area contributed by atoms with Crippen molar-refractivity contribution in [2.45, 2.75) is 26.9 Å². The zero-order chi connectivity index (χ0) is 17.0. The summed E-state index contributed by atoms with van der Waals surface area (Å²) in [7, 11) is 0. The number of ether oxygens (including phenoxy) is 2. The van der Waals surface area contributed by atoms with Gasteiger partial charge < -0.3 is 14.6 Å². The number of hydrogen-bond donors (Lipinski definition) is 1. The van der Waals surface area contributed by atoms with Gasteiger partial charge in [-0.15, -0.1) is 0 Å². The topological polar surface area (TPSA) is 96.9 Å². The summed E-state index contributed by atoms with van der Waals surface area (Å²) in [6.07, 6.45) is 2.91. The van der Waals surface area contributed by atoms with Crippen LogP contribution in [0.5, 0.6) is 11.6 Å². The minimum atomic E-state index is -1.31. The molecule has 2 heterocycles. The molecule has 0 fully saturated rings. The molecule has 7 heteroatoms. The first-order chi connectivity index (χ1) is 11.0. The van der Waals surface area contributed by atoms with E-state index in [1.54, 1.807) is 35.7 Å². The molecule has 0 unspecified atom stereocenters. The summed E-state index contributed by atoms with van der Waals surface area (Å²) in [4.78, 5) is 15.5. The second-order valence-corrected chi connectivity index (χ2v) is 4.94. The Hall–Kier alpha value is -3.01. The molecule has 0 saturated carbocycles. The van der Waals surface area contributed by atoms with Crippen molar-refractivity contribution in [3.63, 3.8) is 0 Å². The van der Waals surface area contributed by atoms with E-state index in [1.165, 1.54) is 6.08 Å². The number of aromatic nitrogens is 2. The van der Waals surface area contributed by atoms with Gasteiger partial charge >= 0.3 is 5.97 Å². The standard InChI is InChI=1S/C16H17N3O4/c1-4-22-15-12(8-11(9-17)16(20)21)19-7-5-6-13(14(19)18-15)23-10(2)3/h5-8,10H,4H2,1-3H3,(H,20,21)/b11-8+. The van der Waals surface area contributed by atoms with E-state index in [0.717, 1.165) is 0 Å². The zero-order valence-electron chi connectivity index (χ0n) is 13.1. The summed E-state index contributed by atoms with van der Waals surface area (Å²) in [6, 6.07) is 5.18. The van der Waals surface area contributed by atoms with Crippen LogP contribution in [0.3, 0.4) is 0 Å². The van der Waals surface area contributed by atoms with E-state index in [2.05, 4.69) is 4.98 Å². The summed E-state index contributed by atoms with van der Waals surface area (Å²) >= 11 is 0. The van der Waals surface area contributed by atoms with Gasteiger partial charge in [0.05, 0.1) is 12.7 Å². The quantitative estimate of drug-likeness (QED) is 0.650. The van der Waals surface area contributed by atoms with Gasteiger partial charge in [0.15, 0.2) is 11.4 Å². The molecule has 2 aromatic heterocycles. The molecule has 0 aromatic carbocycles. The predicted molar refractivity (Wildman–Crippen MR) is 83.4 cm³/mol. The average Bonchev–Trinajstić information content (AvgIpc) is 2.83. The third kappa shape index (κ3) is 3.43. The third-order valence-electron chi connectivity index (χ3n) is 2.89. The molecule has 120 valence electrons. The Balaban J connectivity index is 2.69. The lowest BCUT2D eigenvalue weighted by Gasteiger charge is -2.10. The Labute approximate surface area is 133 Å². The van der Waals surface area contributed by atoms with E-state index >= 15 is 0 Å². The van der Waals surface area contributed by atoms with Gasteiger partial charge in [0.1, 0.15) is 17.3 Å². The maximum atomic E-state index is 11.1. The Bertz CT molecular complexity index is 799. The van der Waals surface area contributed by atoms with Gasteiger partial charge in [-0.25, -0.2) is 4.79 Å². The number of fused-ring (bicyclic) bond motifs is 1. The van der Waals surface area contributed by atoms with Crippen LogP contribution in [-0.2, 0) is 4.79 Å². The van der Waals surface area contributed by atoms with Gasteiger partial charge in [0.2, 0.25) is 5.88 Å². The van der Waals surface area contributed by atoms with Gasteiger partial charge in [0, 0.05) is 6.20 Å². The smallest absolute Gasteiger partial charge is 0.346 e. The fraction of sp³-hybridized carbons (Fsp3) is 0.312. The van der Waals surface area contributed by atoms with Crippen molar-refractivity contribution in [1.29, 1.82) is 5.26 Å². The summed E-state index contributed by atoms with van der Waals surface area (Å²) in [5.41, 5.74) is 0.483. The maximum absolute atomic E-state index is 11.1. The van der Waals surface area contributed by atoms with E-state index in [1.807, 2.05) is 13.8 Å². The number of carboxylic acids is 1. The van der Waals surface area contributed by atoms with Crippen LogP contribution < -0.4 is 9.47 Å². The highest BCUT2D eigenvalue weighted by Gasteiger charge is 2.18. The van der Waals surface area contributed by atoms with Gasteiger partial charge in [-0.05, 0) is 39.0 Å². The second kappa shape index (κ2) is 6.83. The molecule has 0 atom stereocenters. The molecular formula is C16H17N3O4. The molecule has 0 saturated heterocycles. The number of nitriles is 1. The normalized spacial score (nSPS) is 11.5. The SMILES string of the molecule is CCOc1nc2c(OC(C)C)cccn2c1/C=C(\C#N)C(=O)O. The number of hydrogen-bond acceptors (Lipinski definition) is 5. The van der Waals surface area contributed by atoms with Crippen molar-refractivity contribution in [2.24, 2.45) is 0 Å². The Morgan fingerprint density at radius 3 is 2.87 bits per heavy atom. The molecule has 0 bridgehead atoms. The van der Waals surface area contributed by atoms with Gasteiger partial charge in [-0.1, -0.05) is 0 Å². The number of nitrogens with zero attached hydrogens (tertiary/aromatic N) is 3. The van der Waals surface area contributed by atoms with E-state index < -0.39 is 11.5 Å². The van der Waals surface area contributed by atoms with Crippen LogP contribution in [0, 0.1) is 11.3 Å². The van der Waals surface area contributed by atoms with E-state index in [9.17, 15) is 4.79 Å². The number of aliphatic carboxylic acids is 1. The van der Waals surface area contributed by atoms with Crippen molar-refractivity contribution in [3.8, 4) is 17.7 Å². The monoisotopic (exact) mass is 315 g/mol. The fourth-order valence-electron chi connectivity index (χ4n) is 2.04. The molecule has 2 aromatic rings. The van der Waals surface area contributed by atoms with Crippen LogP contribution in [0.15, 0.2) is 23.9 Å². The number of imidazole rings is 1. The van der Waals surface area contributed by atoms with E-state index in [0.29, 0.717) is 23.7 Å². The summed E-state index contributed by atoms with van der Waals surface area (Å²) in [6.45, 7) is 5.95. The van der Waals surface area contributed by atoms with Gasteiger partial charge in [-0.3, -0.25) is 4.40 Å². The summed E-state index contributed by atoms with van der Waals surface area (Å²) < 4.78 is 12.8. The first-order valence-corrected chi connectivity index (χ1v) is 7.13. The van der Waals surface area contributed by atoms with E-state index in [4.69, 9.17) is 19.8 Å². The van der Waals surface area contributed by atoms with E-state index in [-0.39, 0.29) is 12.0 Å². The predicted octanol–water partition coefficient (Wildman–Crippen LogP) is 2.51. The lowest BCUT2D eigenvalue weighted by atomic mass is 10.2. The Morgan fingerprint density at radius 2 is 2.30 bits per heavy atom. The van der Waals surface area contributed by atoms with Gasteiger partial charge in [-0.2, -0.15) is 10.2 Å². The van der Waals surface area contributed by atoms with Crippen molar-refractivity contribution in [1.82, 2.24) is 9.38 Å². The summed E-state index contributed by atoms with van der Waals surface area (Å²) in [5.74, 6) is -0.502. The van der Waals surface area contributed by atoms with Crippen LogP contribution in [0.4, 0.5) is 0 Å². The maximum Gasteiger partial charge on any atom is 0.346 e. The van der Waals surface area contributed by atoms with Crippen LogP contribution in [-0.4, -0.2) is 33.2 Å². The first kappa shape index (κ1) is 16.4. The molecule has 0 spiro atoms. The molecule has 23 heavy (non-hydrogen) atoms. The van der Waals surface area contributed by atoms with Crippen LogP contribution in [0.1, 0.15) is 26.5 Å². The lowest BCUT2D eigenvalue weighted by Crippen LogP contribution is -2.06. The molecular weight excluding hydrogens is 298 g/mol. The molecule has 0 amide bonds. The first-order valence-electron chi connectivity index (χ1n) is 7.13. The lowest BCUT2D eigenvalue weighted by molar-refractivity contribution is -0.132. The third-order valence-corrected chi connectivity index (χ3v) is 2.89. The molecule has 0 aliphatic heterocycles. The minimum absolute atomic E-state index is 0.0406. The highest BCUT2D eigenvalue weighted by Crippen LogP contribution is 2.28. The highest BCUT2D eigenvalue weighted by molar-refractivity contribution is 5.96. The van der Waals surface area contributed by atoms with Crippen LogP contribution in [0.2, 0.25) is 0 Å². The highest BCUT2D eigenvalue weighted by atomic mass is 16.5. The number of pyridine rings is 1. The molecule has 0 aliphatic carbocycles. The number of carboxylic acid groups (broad SMARTS) is 1. The minimum Gasteiger partial charge on any atom is -0.487 e. The van der Waals surface area contributed by atoms with Crippen molar-refractivity contribution in [2.75, 3.05) is 6.61 Å². The van der Waals surface area contributed by atoms with Crippen LogP contribution >= 0.6 is 0 Å². The second-order valence-electron chi connectivity index (χ2n) is 4.94.